The molecule has 8 heteroatoms. The largest absolute Gasteiger partial charge is 0.444 e. The molecule has 1 aromatic carbocycles. The molecule has 0 radical (unpaired) electrons. The number of carbonyl (C=O) groups excluding carboxylic acids is 2. The highest BCUT2D eigenvalue weighted by Crippen LogP contribution is 2.43. The highest BCUT2D eigenvalue weighted by Gasteiger charge is 2.52. The standard InChI is InChI=1S/C28H31N5O3/c1-17-11-21(16-31-24(17)15-30)19-7-5-18(6-8-19)12-22(14-29)32-26(34)25-20-9-10-23(13-20)33(25)27(35)36-28(2,3)4/h5-8,11,16,20,22-23,25H,9-10,12-13H2,1-4H3,(H,32,34)/t20-,22-,23+,25-/m0/s1. The van der Waals surface area contributed by atoms with Crippen LogP contribution in [-0.4, -0.2) is 45.6 Å². The molecule has 1 saturated heterocycles. The van der Waals surface area contributed by atoms with Gasteiger partial charge in [0.15, 0.2) is 0 Å². The molecule has 2 aliphatic rings. The Morgan fingerprint density at radius 1 is 1.19 bits per heavy atom. The molecule has 1 saturated carbocycles. The lowest BCUT2D eigenvalue weighted by Crippen LogP contribution is -2.55. The SMILES string of the molecule is Cc1cc(-c2ccc(C[C@@H](C#N)NC(=O)[C@@H]3[C@H]4CC[C@H](C4)N3C(=O)OC(C)(C)C)cc2)cnc1C#N. The van der Waals surface area contributed by atoms with E-state index in [0.29, 0.717) is 12.1 Å². The number of benzene rings is 1. The number of fused-ring (bicyclic) bond motifs is 2. The Bertz CT molecular complexity index is 1240. The van der Waals surface area contributed by atoms with E-state index in [-0.39, 0.29) is 17.9 Å². The van der Waals surface area contributed by atoms with Crippen LogP contribution in [0.3, 0.4) is 0 Å². The Hall–Kier alpha value is -3.91. The molecule has 2 heterocycles. The van der Waals surface area contributed by atoms with Crippen molar-refractivity contribution < 1.29 is 14.3 Å². The average molecular weight is 486 g/mol. The van der Waals surface area contributed by atoms with Crippen LogP contribution < -0.4 is 5.32 Å². The maximum Gasteiger partial charge on any atom is 0.411 e. The second-order valence-corrected chi connectivity index (χ2v) is 10.7. The number of likely N-dealkylation sites (tertiary alicyclic amines) is 1. The van der Waals surface area contributed by atoms with Crippen molar-refractivity contribution in [3.8, 4) is 23.3 Å². The van der Waals surface area contributed by atoms with Crippen molar-refractivity contribution in [2.45, 2.75) is 77.1 Å². The van der Waals surface area contributed by atoms with Crippen molar-refractivity contribution in [1.29, 1.82) is 10.5 Å². The van der Waals surface area contributed by atoms with E-state index in [9.17, 15) is 14.9 Å². The number of nitriles is 2. The summed E-state index contributed by atoms with van der Waals surface area (Å²) >= 11 is 0. The van der Waals surface area contributed by atoms with E-state index in [1.807, 2.05) is 58.0 Å². The predicted molar refractivity (Wildman–Crippen MR) is 133 cm³/mol. The lowest BCUT2D eigenvalue weighted by atomic mass is 9.97. The summed E-state index contributed by atoms with van der Waals surface area (Å²) in [4.78, 5) is 31.9. The van der Waals surface area contributed by atoms with Crippen molar-refractivity contribution >= 4 is 12.0 Å². The van der Waals surface area contributed by atoms with Crippen LogP contribution in [0.5, 0.6) is 0 Å². The molecule has 36 heavy (non-hydrogen) atoms. The fraction of sp³-hybridized carbons (Fsp3) is 0.464. The number of amides is 2. The zero-order valence-corrected chi connectivity index (χ0v) is 21.1. The number of pyridine rings is 1. The van der Waals surface area contributed by atoms with Crippen molar-refractivity contribution in [2.75, 3.05) is 0 Å². The first-order chi connectivity index (χ1) is 17.1. The molecule has 1 aliphatic carbocycles. The van der Waals surface area contributed by atoms with Gasteiger partial charge in [-0.3, -0.25) is 9.69 Å². The molecule has 1 aliphatic heterocycles. The van der Waals surface area contributed by atoms with Crippen molar-refractivity contribution in [1.82, 2.24) is 15.2 Å². The summed E-state index contributed by atoms with van der Waals surface area (Å²) in [5.74, 6) is -0.207. The molecule has 4 rings (SSSR count). The van der Waals surface area contributed by atoms with Gasteiger partial charge >= 0.3 is 6.09 Å². The van der Waals surface area contributed by atoms with Gasteiger partial charge in [0.1, 0.15) is 29.4 Å². The topological polar surface area (TPSA) is 119 Å². The van der Waals surface area contributed by atoms with E-state index < -0.39 is 23.8 Å². The third-order valence-electron chi connectivity index (χ3n) is 6.84. The van der Waals surface area contributed by atoms with Gasteiger partial charge in [0.2, 0.25) is 5.91 Å². The summed E-state index contributed by atoms with van der Waals surface area (Å²) in [6.07, 6.45) is 4.11. The number of hydrogen-bond acceptors (Lipinski definition) is 6. The number of nitrogens with one attached hydrogen (secondary N) is 1. The van der Waals surface area contributed by atoms with E-state index in [4.69, 9.17) is 10.00 Å². The van der Waals surface area contributed by atoms with Gasteiger partial charge in [-0.05, 0) is 75.6 Å². The number of hydrogen-bond donors (Lipinski definition) is 1. The van der Waals surface area contributed by atoms with Gasteiger partial charge in [-0.2, -0.15) is 10.5 Å². The Morgan fingerprint density at radius 3 is 2.53 bits per heavy atom. The number of rotatable bonds is 5. The van der Waals surface area contributed by atoms with Crippen LogP contribution in [0.15, 0.2) is 36.5 Å². The molecule has 186 valence electrons. The highest BCUT2D eigenvalue weighted by atomic mass is 16.6. The summed E-state index contributed by atoms with van der Waals surface area (Å²) in [6.45, 7) is 7.28. The van der Waals surface area contributed by atoms with Crippen LogP contribution in [0.1, 0.15) is 56.9 Å². The molecular formula is C28H31N5O3. The monoisotopic (exact) mass is 485 g/mol. The fourth-order valence-electron chi connectivity index (χ4n) is 5.21. The van der Waals surface area contributed by atoms with Crippen LogP contribution in [0.4, 0.5) is 4.79 Å². The van der Waals surface area contributed by atoms with E-state index >= 15 is 0 Å². The second kappa shape index (κ2) is 9.99. The molecule has 1 aromatic heterocycles. The van der Waals surface area contributed by atoms with Crippen molar-refractivity contribution in [3.05, 3.63) is 53.3 Å². The number of nitrogens with zero attached hydrogens (tertiary/aromatic N) is 4. The maximum absolute atomic E-state index is 13.3. The molecule has 1 N–H and O–H groups in total. The molecule has 4 atom stereocenters. The van der Waals surface area contributed by atoms with Gasteiger partial charge in [-0.15, -0.1) is 0 Å². The van der Waals surface area contributed by atoms with E-state index in [1.165, 1.54) is 0 Å². The fourth-order valence-corrected chi connectivity index (χ4v) is 5.21. The molecule has 2 bridgehead atoms. The summed E-state index contributed by atoms with van der Waals surface area (Å²) < 4.78 is 5.57. The first kappa shape index (κ1) is 25.2. The predicted octanol–water partition coefficient (Wildman–Crippen LogP) is 4.27. The van der Waals surface area contributed by atoms with Crippen LogP contribution in [0.2, 0.25) is 0 Å². The number of carbonyl (C=O) groups is 2. The van der Waals surface area contributed by atoms with Crippen molar-refractivity contribution in [3.63, 3.8) is 0 Å². The molecule has 2 aromatic rings. The number of aryl methyl sites for hydroxylation is 1. The third kappa shape index (κ3) is 5.33. The van der Waals surface area contributed by atoms with Crippen LogP contribution in [0.25, 0.3) is 11.1 Å². The summed E-state index contributed by atoms with van der Waals surface area (Å²) in [5.41, 5.74) is 3.33. The Labute approximate surface area is 211 Å². The summed E-state index contributed by atoms with van der Waals surface area (Å²) in [7, 11) is 0. The molecular weight excluding hydrogens is 454 g/mol. The zero-order valence-electron chi connectivity index (χ0n) is 21.1. The van der Waals surface area contributed by atoms with Crippen molar-refractivity contribution in [2.24, 2.45) is 5.92 Å². The van der Waals surface area contributed by atoms with Crippen LogP contribution in [-0.2, 0) is 16.0 Å². The van der Waals surface area contributed by atoms with E-state index in [0.717, 1.165) is 41.5 Å². The lowest BCUT2D eigenvalue weighted by molar-refractivity contribution is -0.128. The normalized spacial score (nSPS) is 21.4. The first-order valence-electron chi connectivity index (χ1n) is 12.3. The van der Waals surface area contributed by atoms with Gasteiger partial charge in [0.05, 0.1) is 6.07 Å². The molecule has 8 nitrogen and oxygen atoms in total. The number of aromatic nitrogens is 1. The minimum absolute atomic E-state index is 0.00836. The zero-order chi connectivity index (χ0) is 26.0. The van der Waals surface area contributed by atoms with Crippen LogP contribution in [0, 0.1) is 35.5 Å². The van der Waals surface area contributed by atoms with Gasteiger partial charge in [-0.1, -0.05) is 24.3 Å². The number of ether oxygens (including phenoxy) is 1. The maximum atomic E-state index is 13.3. The van der Waals surface area contributed by atoms with Crippen LogP contribution >= 0.6 is 0 Å². The first-order valence-corrected chi connectivity index (χ1v) is 12.3. The number of piperidine rings is 1. The molecule has 2 amide bonds. The minimum Gasteiger partial charge on any atom is -0.444 e. The summed E-state index contributed by atoms with van der Waals surface area (Å²) in [6, 6.07) is 12.6. The minimum atomic E-state index is -0.721. The average Bonchev–Trinajstić information content (AvgIpc) is 3.45. The smallest absolute Gasteiger partial charge is 0.411 e. The molecule has 0 spiro atoms. The van der Waals surface area contributed by atoms with Gasteiger partial charge in [0.25, 0.3) is 0 Å². The lowest BCUT2D eigenvalue weighted by Gasteiger charge is -2.35. The van der Waals surface area contributed by atoms with Gasteiger partial charge in [0, 0.05) is 24.2 Å². The molecule has 0 unspecified atom stereocenters. The second-order valence-electron chi connectivity index (χ2n) is 10.7. The molecule has 2 fully saturated rings. The Morgan fingerprint density at radius 2 is 1.92 bits per heavy atom. The third-order valence-corrected chi connectivity index (χ3v) is 6.84. The van der Waals surface area contributed by atoms with Gasteiger partial charge < -0.3 is 10.1 Å². The van der Waals surface area contributed by atoms with Gasteiger partial charge in [-0.25, -0.2) is 9.78 Å². The highest BCUT2D eigenvalue weighted by molar-refractivity contribution is 5.87. The Kier molecular flexibility index (Phi) is 6.99. The van der Waals surface area contributed by atoms with E-state index in [2.05, 4.69) is 22.4 Å². The van der Waals surface area contributed by atoms with E-state index in [1.54, 1.807) is 11.1 Å². The Balaban J connectivity index is 1.42. The summed E-state index contributed by atoms with van der Waals surface area (Å²) in [5, 5.41) is 21.7. The quantitative estimate of drug-likeness (QED) is 0.676.